The molecule has 1 N–H and O–H groups in total. The molecule has 0 saturated carbocycles. The molecule has 0 radical (unpaired) electrons. The summed E-state index contributed by atoms with van der Waals surface area (Å²) in [5, 5.41) is 11.9. The fraction of sp³-hybridized carbons (Fsp3) is 0.375. The average Bonchev–Trinajstić information content (AvgIpc) is 3.09. The zero-order chi connectivity index (χ0) is 19.8. The molecular weight excluding hydrogens is 366 g/mol. The van der Waals surface area contributed by atoms with Gasteiger partial charge >= 0.3 is 0 Å². The number of ketones is 1. The maximum Gasteiger partial charge on any atom is 0.196 e. The Morgan fingerprint density at radius 2 is 2.07 bits per heavy atom. The third kappa shape index (κ3) is 2.04. The zero-order valence-corrected chi connectivity index (χ0v) is 16.3. The van der Waals surface area contributed by atoms with Crippen LogP contribution < -0.4 is 9.47 Å². The molecule has 5 heteroatoms. The second-order valence-corrected chi connectivity index (χ2v) is 8.68. The van der Waals surface area contributed by atoms with Crippen molar-refractivity contribution in [3.8, 4) is 11.5 Å². The highest BCUT2D eigenvalue weighted by atomic mass is 16.5. The number of benzene rings is 2. The van der Waals surface area contributed by atoms with Crippen LogP contribution in [0.2, 0.25) is 0 Å². The fourth-order valence-electron chi connectivity index (χ4n) is 5.96. The van der Waals surface area contributed by atoms with Crippen LogP contribution in [0.1, 0.15) is 23.1 Å². The molecule has 0 aromatic heterocycles. The SMILES string of the molecule is CN1CC[C@]23c4c5ccc(OCc6ccccc6)c4O[C@H]2C(=O)C=CC3(O)[C@H]1C5. The third-order valence-electron chi connectivity index (χ3n) is 7.36. The van der Waals surface area contributed by atoms with Crippen molar-refractivity contribution in [2.75, 3.05) is 13.6 Å². The highest BCUT2D eigenvalue weighted by Crippen LogP contribution is 2.63. The van der Waals surface area contributed by atoms with Gasteiger partial charge in [0.2, 0.25) is 0 Å². The Morgan fingerprint density at radius 3 is 2.90 bits per heavy atom. The van der Waals surface area contributed by atoms with E-state index in [2.05, 4.69) is 11.0 Å². The van der Waals surface area contributed by atoms with E-state index >= 15 is 0 Å². The van der Waals surface area contributed by atoms with Crippen LogP contribution in [0, 0.1) is 0 Å². The van der Waals surface area contributed by atoms with Crippen LogP contribution in [-0.4, -0.2) is 47.1 Å². The van der Waals surface area contributed by atoms with Crippen molar-refractivity contribution in [3.05, 3.63) is 71.3 Å². The van der Waals surface area contributed by atoms with Gasteiger partial charge in [-0.05, 0) is 55.8 Å². The summed E-state index contributed by atoms with van der Waals surface area (Å²) in [5.41, 5.74) is 1.36. The summed E-state index contributed by atoms with van der Waals surface area (Å²) < 4.78 is 12.4. The van der Waals surface area contributed by atoms with E-state index in [1.54, 1.807) is 6.08 Å². The smallest absolute Gasteiger partial charge is 0.196 e. The van der Waals surface area contributed by atoms with Crippen molar-refractivity contribution >= 4 is 5.78 Å². The lowest BCUT2D eigenvalue weighted by molar-refractivity contribution is -0.151. The molecule has 2 aromatic carbocycles. The maximum atomic E-state index is 12.9. The molecule has 2 aliphatic heterocycles. The first-order valence-corrected chi connectivity index (χ1v) is 10.2. The Kier molecular flexibility index (Phi) is 3.40. The number of carbonyl (C=O) groups is 1. The van der Waals surface area contributed by atoms with Gasteiger partial charge in [0.1, 0.15) is 12.2 Å². The van der Waals surface area contributed by atoms with E-state index in [-0.39, 0.29) is 11.8 Å². The topological polar surface area (TPSA) is 59.0 Å². The first-order valence-electron chi connectivity index (χ1n) is 10.2. The molecule has 4 aliphatic rings. The Hall–Kier alpha value is -2.63. The molecule has 5 nitrogen and oxygen atoms in total. The van der Waals surface area contributed by atoms with Crippen LogP contribution in [-0.2, 0) is 23.2 Å². The second kappa shape index (κ2) is 5.71. The van der Waals surface area contributed by atoms with Gasteiger partial charge in [-0.1, -0.05) is 36.4 Å². The van der Waals surface area contributed by atoms with E-state index in [0.29, 0.717) is 24.5 Å². The van der Waals surface area contributed by atoms with Crippen molar-refractivity contribution in [3.63, 3.8) is 0 Å². The Balaban J connectivity index is 1.49. The third-order valence-corrected chi connectivity index (χ3v) is 7.36. The maximum absolute atomic E-state index is 12.9. The van der Waals surface area contributed by atoms with Gasteiger partial charge in [-0.2, -0.15) is 0 Å². The summed E-state index contributed by atoms with van der Waals surface area (Å²) in [6.07, 6.45) is 3.95. The van der Waals surface area contributed by atoms with E-state index in [1.807, 2.05) is 43.4 Å². The molecule has 2 aliphatic carbocycles. The number of carbonyl (C=O) groups excluding carboxylic acids is 1. The minimum Gasteiger partial charge on any atom is -0.485 e. The van der Waals surface area contributed by atoms with E-state index in [0.717, 1.165) is 29.7 Å². The van der Waals surface area contributed by atoms with Crippen LogP contribution in [0.25, 0.3) is 0 Å². The van der Waals surface area contributed by atoms with Gasteiger partial charge in [-0.15, -0.1) is 0 Å². The second-order valence-electron chi connectivity index (χ2n) is 8.68. The molecule has 1 fully saturated rings. The monoisotopic (exact) mass is 389 g/mol. The molecule has 29 heavy (non-hydrogen) atoms. The molecule has 6 rings (SSSR count). The number of hydrogen-bond acceptors (Lipinski definition) is 5. The largest absolute Gasteiger partial charge is 0.485 e. The molecule has 2 aromatic rings. The predicted octanol–water partition coefficient (Wildman–Crippen LogP) is 2.39. The molecule has 2 heterocycles. The highest BCUT2D eigenvalue weighted by Gasteiger charge is 2.71. The molecule has 0 amide bonds. The van der Waals surface area contributed by atoms with Gasteiger partial charge in [0.25, 0.3) is 0 Å². The van der Waals surface area contributed by atoms with E-state index < -0.39 is 17.1 Å². The van der Waals surface area contributed by atoms with E-state index in [1.165, 1.54) is 6.08 Å². The summed E-state index contributed by atoms with van der Waals surface area (Å²) in [5.74, 6) is 1.21. The first-order chi connectivity index (χ1) is 14.0. The lowest BCUT2D eigenvalue weighted by Gasteiger charge is -2.60. The predicted molar refractivity (Wildman–Crippen MR) is 107 cm³/mol. The Labute approximate surface area is 169 Å². The molecule has 4 atom stereocenters. The van der Waals surface area contributed by atoms with Gasteiger partial charge in [-0.25, -0.2) is 0 Å². The minimum atomic E-state index is -1.12. The summed E-state index contributed by atoms with van der Waals surface area (Å²) in [4.78, 5) is 15.1. The minimum absolute atomic E-state index is 0.0683. The van der Waals surface area contributed by atoms with Gasteiger partial charge in [-0.3, -0.25) is 9.69 Å². The number of hydrogen-bond donors (Lipinski definition) is 1. The van der Waals surface area contributed by atoms with Crippen LogP contribution in [0.3, 0.4) is 0 Å². The molecular formula is C24H23NO4. The molecule has 1 spiro atoms. The van der Waals surface area contributed by atoms with E-state index in [4.69, 9.17) is 9.47 Å². The molecule has 2 bridgehead atoms. The van der Waals surface area contributed by atoms with Gasteiger partial charge in [0.15, 0.2) is 23.4 Å². The van der Waals surface area contributed by atoms with Crippen LogP contribution in [0.5, 0.6) is 11.5 Å². The first kappa shape index (κ1) is 17.2. The van der Waals surface area contributed by atoms with Crippen LogP contribution in [0.15, 0.2) is 54.6 Å². The molecule has 1 unspecified atom stereocenters. The van der Waals surface area contributed by atoms with Gasteiger partial charge in [0, 0.05) is 11.6 Å². The van der Waals surface area contributed by atoms with Crippen LogP contribution >= 0.6 is 0 Å². The number of ether oxygens (including phenoxy) is 2. The van der Waals surface area contributed by atoms with Crippen molar-refractivity contribution in [2.24, 2.45) is 0 Å². The zero-order valence-electron chi connectivity index (χ0n) is 16.3. The Morgan fingerprint density at radius 1 is 1.24 bits per heavy atom. The number of aliphatic hydroxyl groups is 1. The summed E-state index contributed by atoms with van der Waals surface area (Å²) in [6.45, 7) is 1.25. The molecule has 1 saturated heterocycles. The lowest BCUT2D eigenvalue weighted by atomic mass is 9.51. The van der Waals surface area contributed by atoms with Crippen molar-refractivity contribution < 1.29 is 19.4 Å². The van der Waals surface area contributed by atoms with E-state index in [9.17, 15) is 9.90 Å². The Bertz CT molecular complexity index is 1050. The summed E-state index contributed by atoms with van der Waals surface area (Å²) in [7, 11) is 2.05. The standard InChI is InChI=1S/C24H23NO4/c1-25-12-11-23-20-16-7-8-18(28-14-15-5-3-2-4-6-15)21(20)29-22(23)17(26)9-10-24(23,27)19(25)13-16/h2-10,19,22,27H,11-14H2,1H3/t19-,22+,23+,24?/m1/s1. The quantitative estimate of drug-likeness (QED) is 0.874. The lowest BCUT2D eigenvalue weighted by Crippen LogP contribution is -2.74. The number of nitrogens with zero attached hydrogens (tertiary/aromatic N) is 1. The summed E-state index contributed by atoms with van der Waals surface area (Å²) >= 11 is 0. The highest BCUT2D eigenvalue weighted by molar-refractivity contribution is 5.99. The normalized spacial score (nSPS) is 33.9. The van der Waals surface area contributed by atoms with Gasteiger partial charge < -0.3 is 14.6 Å². The van der Waals surface area contributed by atoms with Crippen molar-refractivity contribution in [1.29, 1.82) is 0 Å². The average molecular weight is 389 g/mol. The van der Waals surface area contributed by atoms with Crippen LogP contribution in [0.4, 0.5) is 0 Å². The number of rotatable bonds is 3. The summed E-state index contributed by atoms with van der Waals surface area (Å²) in [6, 6.07) is 13.9. The van der Waals surface area contributed by atoms with Crippen molar-refractivity contribution in [2.45, 2.75) is 42.6 Å². The number of likely N-dealkylation sites (tertiary alicyclic amines) is 1. The van der Waals surface area contributed by atoms with Gasteiger partial charge in [0.05, 0.1) is 5.41 Å². The fourth-order valence-corrected chi connectivity index (χ4v) is 5.96. The molecule has 148 valence electrons. The number of piperidine rings is 1. The van der Waals surface area contributed by atoms with Crippen molar-refractivity contribution in [1.82, 2.24) is 4.90 Å². The number of likely N-dealkylation sites (N-methyl/N-ethyl adjacent to an activating group) is 1.